The lowest BCUT2D eigenvalue weighted by Gasteiger charge is -2.26. The van der Waals surface area contributed by atoms with Crippen molar-refractivity contribution >= 4 is 24.4 Å². The Balaban J connectivity index is 1.73. The van der Waals surface area contributed by atoms with Gasteiger partial charge in [-0.1, -0.05) is 12.1 Å². The van der Waals surface area contributed by atoms with Crippen molar-refractivity contribution < 1.29 is 19.0 Å². The number of amides is 1. The van der Waals surface area contributed by atoms with E-state index in [4.69, 9.17) is 4.42 Å². The molecule has 1 heterocycles. The summed E-state index contributed by atoms with van der Waals surface area (Å²) in [6.07, 6.45) is 3.28. The summed E-state index contributed by atoms with van der Waals surface area (Å²) in [5.74, 6) is 0.236. The first-order chi connectivity index (χ1) is 12.4. The van der Waals surface area contributed by atoms with E-state index in [2.05, 4.69) is 5.32 Å². The van der Waals surface area contributed by atoms with E-state index in [1.54, 1.807) is 6.82 Å². The average Bonchev–Trinajstić information content (AvgIpc) is 3.06. The third-order valence-electron chi connectivity index (χ3n) is 5.05. The monoisotopic (exact) mass is 354 g/mol. The van der Waals surface area contributed by atoms with Gasteiger partial charge in [0.2, 0.25) is 0 Å². The number of Topliss-reactive ketones (excluding diaryl/α,β-unsaturated/α-hetero) is 1. The predicted molar refractivity (Wildman–Crippen MR) is 100 cm³/mol. The summed E-state index contributed by atoms with van der Waals surface area (Å²) in [5, 5.41) is 12.5. The fourth-order valence-corrected chi connectivity index (χ4v) is 3.19. The van der Waals surface area contributed by atoms with Gasteiger partial charge in [-0.3, -0.25) is 9.59 Å². The summed E-state index contributed by atoms with van der Waals surface area (Å²) in [6, 6.07) is 7.49. The molecule has 0 radical (unpaired) electrons. The molecule has 2 N–H and O–H groups in total. The maximum absolute atomic E-state index is 12.5. The minimum atomic E-state index is -0.547. The molecule has 26 heavy (non-hydrogen) atoms. The average molecular weight is 354 g/mol. The van der Waals surface area contributed by atoms with Gasteiger partial charge in [-0.2, -0.15) is 0 Å². The van der Waals surface area contributed by atoms with Crippen LogP contribution in [0.4, 0.5) is 5.69 Å². The van der Waals surface area contributed by atoms with Crippen molar-refractivity contribution in [1.29, 1.82) is 0 Å². The Hall–Kier alpha value is -2.38. The molecule has 0 aliphatic heterocycles. The van der Waals surface area contributed by atoms with Crippen LogP contribution in [-0.2, 0) is 6.42 Å². The molecule has 0 bridgehead atoms. The molecule has 1 amide bonds. The third-order valence-corrected chi connectivity index (χ3v) is 5.05. The van der Waals surface area contributed by atoms with E-state index in [1.807, 2.05) is 43.0 Å². The molecule has 0 spiro atoms. The number of rotatable bonds is 5. The van der Waals surface area contributed by atoms with Crippen molar-refractivity contribution in [3.05, 3.63) is 53.0 Å². The van der Waals surface area contributed by atoms with Crippen molar-refractivity contribution in [2.45, 2.75) is 39.1 Å². The first kappa shape index (κ1) is 18.4. The Bertz CT molecular complexity index is 813. The number of fused-ring (bicyclic) bond motifs is 1. The van der Waals surface area contributed by atoms with Crippen LogP contribution in [0.5, 0.6) is 0 Å². The molecule has 0 saturated heterocycles. The lowest BCUT2D eigenvalue weighted by atomic mass is 9.83. The van der Waals surface area contributed by atoms with Crippen LogP contribution >= 0.6 is 0 Å². The smallest absolute Gasteiger partial charge is 0.376 e. The third kappa shape index (κ3) is 3.59. The number of carbonyl (C=O) groups is 2. The number of carbonyl (C=O) groups excluding carboxylic acids is 2. The van der Waals surface area contributed by atoms with Gasteiger partial charge in [0.25, 0.3) is 5.91 Å². The SMILES string of the molecule is CB(O)N(C)C(C)c1ccc(NC(=O)c2coc3c2C(=O)CCC3)cc1. The zero-order valence-corrected chi connectivity index (χ0v) is 15.3. The van der Waals surface area contributed by atoms with Crippen LogP contribution in [-0.4, -0.2) is 35.6 Å². The molecule has 2 aromatic rings. The summed E-state index contributed by atoms with van der Waals surface area (Å²) in [7, 11) is 1.30. The Morgan fingerprint density at radius 3 is 2.65 bits per heavy atom. The van der Waals surface area contributed by atoms with Crippen LogP contribution in [0.2, 0.25) is 6.82 Å². The second kappa shape index (κ2) is 7.47. The number of furan rings is 1. The summed E-state index contributed by atoms with van der Waals surface area (Å²) in [4.78, 5) is 26.5. The van der Waals surface area contributed by atoms with E-state index < -0.39 is 7.05 Å². The standard InChI is InChI=1S/C19H23BN2O4/c1-12(22(3)20(2)25)13-7-9-14(10-8-13)21-19(24)15-11-26-17-6-4-5-16(23)18(15)17/h7-12,25H,4-6H2,1-3H3,(H,21,24). The molecular weight excluding hydrogens is 331 g/mol. The molecule has 0 fully saturated rings. The van der Waals surface area contributed by atoms with Crippen LogP contribution in [0.1, 0.15) is 57.8 Å². The topological polar surface area (TPSA) is 82.8 Å². The Morgan fingerprint density at radius 2 is 2.00 bits per heavy atom. The van der Waals surface area contributed by atoms with Crippen LogP contribution in [0, 0.1) is 0 Å². The first-order valence-electron chi connectivity index (χ1n) is 8.83. The van der Waals surface area contributed by atoms with Crippen LogP contribution in [0.25, 0.3) is 0 Å². The fraction of sp³-hybridized carbons (Fsp3) is 0.368. The minimum absolute atomic E-state index is 0.0320. The molecule has 0 saturated carbocycles. The highest BCUT2D eigenvalue weighted by Crippen LogP contribution is 2.27. The van der Waals surface area contributed by atoms with Crippen molar-refractivity contribution in [1.82, 2.24) is 4.81 Å². The number of ketones is 1. The maximum atomic E-state index is 12.5. The highest BCUT2D eigenvalue weighted by molar-refractivity contribution is 6.45. The molecule has 136 valence electrons. The molecule has 7 heteroatoms. The Morgan fingerprint density at radius 1 is 1.31 bits per heavy atom. The second-order valence-electron chi connectivity index (χ2n) is 6.77. The second-order valence-corrected chi connectivity index (χ2v) is 6.77. The highest BCUT2D eigenvalue weighted by atomic mass is 16.3. The van der Waals surface area contributed by atoms with Gasteiger partial charge < -0.3 is 19.6 Å². The largest absolute Gasteiger partial charge is 0.468 e. The van der Waals surface area contributed by atoms with Gasteiger partial charge >= 0.3 is 7.05 Å². The molecule has 3 rings (SSSR count). The lowest BCUT2D eigenvalue weighted by Crippen LogP contribution is -2.35. The zero-order valence-electron chi connectivity index (χ0n) is 15.3. The number of nitrogens with one attached hydrogen (secondary N) is 1. The number of anilines is 1. The van der Waals surface area contributed by atoms with Gasteiger partial charge in [0, 0.05) is 24.6 Å². The normalized spacial score (nSPS) is 14.9. The quantitative estimate of drug-likeness (QED) is 0.806. The van der Waals surface area contributed by atoms with E-state index in [-0.39, 0.29) is 17.7 Å². The summed E-state index contributed by atoms with van der Waals surface area (Å²) >= 11 is 0. The van der Waals surface area contributed by atoms with Gasteiger partial charge in [0.15, 0.2) is 5.78 Å². The van der Waals surface area contributed by atoms with Crippen LogP contribution in [0.3, 0.4) is 0 Å². The number of hydrogen-bond donors (Lipinski definition) is 2. The van der Waals surface area contributed by atoms with Crippen LogP contribution in [0.15, 0.2) is 34.9 Å². The van der Waals surface area contributed by atoms with E-state index in [0.717, 1.165) is 12.0 Å². The van der Waals surface area contributed by atoms with E-state index in [1.165, 1.54) is 6.26 Å². The molecule has 6 nitrogen and oxygen atoms in total. The Labute approximate surface area is 153 Å². The molecule has 1 unspecified atom stereocenters. The maximum Gasteiger partial charge on any atom is 0.376 e. The Kier molecular flexibility index (Phi) is 5.29. The van der Waals surface area contributed by atoms with Crippen LogP contribution < -0.4 is 5.32 Å². The zero-order chi connectivity index (χ0) is 18.8. The van der Waals surface area contributed by atoms with Crippen molar-refractivity contribution in [2.24, 2.45) is 0 Å². The minimum Gasteiger partial charge on any atom is -0.468 e. The number of nitrogens with zero attached hydrogens (tertiary/aromatic N) is 1. The van der Waals surface area contributed by atoms with Gasteiger partial charge in [-0.05, 0) is 44.9 Å². The van der Waals surface area contributed by atoms with E-state index in [9.17, 15) is 14.6 Å². The van der Waals surface area contributed by atoms with Gasteiger partial charge in [-0.25, -0.2) is 0 Å². The number of hydrogen-bond acceptors (Lipinski definition) is 5. The van der Waals surface area contributed by atoms with E-state index >= 15 is 0 Å². The van der Waals surface area contributed by atoms with Gasteiger partial charge in [-0.15, -0.1) is 0 Å². The molecule has 1 aliphatic rings. The fourth-order valence-electron chi connectivity index (χ4n) is 3.19. The first-order valence-corrected chi connectivity index (χ1v) is 8.83. The van der Waals surface area contributed by atoms with E-state index in [0.29, 0.717) is 35.4 Å². The summed E-state index contributed by atoms with van der Waals surface area (Å²) < 4.78 is 5.40. The lowest BCUT2D eigenvalue weighted by molar-refractivity contribution is 0.0955. The molecule has 1 aromatic carbocycles. The number of aryl methyl sites for hydroxylation is 1. The van der Waals surface area contributed by atoms with Crippen molar-refractivity contribution in [2.75, 3.05) is 12.4 Å². The highest BCUT2D eigenvalue weighted by Gasteiger charge is 2.27. The number of benzene rings is 1. The predicted octanol–water partition coefficient (Wildman–Crippen LogP) is 3.15. The molecular formula is C19H23BN2O4. The molecule has 1 aliphatic carbocycles. The summed E-state index contributed by atoms with van der Waals surface area (Å²) in [5.41, 5.74) is 2.40. The molecule has 1 aromatic heterocycles. The van der Waals surface area contributed by atoms with Crippen molar-refractivity contribution in [3.8, 4) is 0 Å². The summed E-state index contributed by atoms with van der Waals surface area (Å²) in [6.45, 7) is 3.72. The van der Waals surface area contributed by atoms with Crippen molar-refractivity contribution in [3.63, 3.8) is 0 Å². The van der Waals surface area contributed by atoms with Gasteiger partial charge in [0.1, 0.15) is 12.0 Å². The molecule has 1 atom stereocenters. The van der Waals surface area contributed by atoms with Gasteiger partial charge in [0.05, 0.1) is 11.1 Å².